The predicted octanol–water partition coefficient (Wildman–Crippen LogP) is 4.38. The maximum absolute atomic E-state index is 14.5. The van der Waals surface area contributed by atoms with Crippen LogP contribution < -0.4 is 10.1 Å². The van der Waals surface area contributed by atoms with E-state index in [9.17, 15) is 13.6 Å². The van der Waals surface area contributed by atoms with Crippen molar-refractivity contribution < 1.29 is 18.3 Å². The van der Waals surface area contributed by atoms with E-state index < -0.39 is 12.5 Å². The monoisotopic (exact) mass is 424 g/mol. The van der Waals surface area contributed by atoms with Crippen molar-refractivity contribution in [2.75, 3.05) is 26.2 Å². The van der Waals surface area contributed by atoms with E-state index in [1.54, 1.807) is 17.0 Å². The SMILES string of the molecule is Cl.O=C(CNCC(F)(F)c1cccc(OCc2ccccc2)c1)N1CCCCC1. The van der Waals surface area contributed by atoms with Gasteiger partial charge in [-0.2, -0.15) is 8.78 Å². The summed E-state index contributed by atoms with van der Waals surface area (Å²) in [6, 6.07) is 15.5. The van der Waals surface area contributed by atoms with Gasteiger partial charge in [-0.15, -0.1) is 12.4 Å². The number of hydrogen-bond acceptors (Lipinski definition) is 3. The molecule has 3 rings (SSSR count). The number of benzene rings is 2. The number of ether oxygens (including phenoxy) is 1. The summed E-state index contributed by atoms with van der Waals surface area (Å²) in [6.07, 6.45) is 3.09. The van der Waals surface area contributed by atoms with E-state index in [2.05, 4.69) is 5.32 Å². The molecule has 158 valence electrons. The number of carbonyl (C=O) groups excluding carboxylic acids is 1. The highest BCUT2D eigenvalue weighted by Crippen LogP contribution is 2.30. The van der Waals surface area contributed by atoms with Crippen molar-refractivity contribution >= 4 is 18.3 Å². The molecule has 1 amide bonds. The van der Waals surface area contributed by atoms with E-state index in [1.165, 1.54) is 12.1 Å². The van der Waals surface area contributed by atoms with Gasteiger partial charge in [0, 0.05) is 18.7 Å². The van der Waals surface area contributed by atoms with Gasteiger partial charge in [0.2, 0.25) is 5.91 Å². The third-order valence-corrected chi connectivity index (χ3v) is 4.84. The van der Waals surface area contributed by atoms with Gasteiger partial charge >= 0.3 is 0 Å². The minimum absolute atomic E-state index is 0. The number of likely N-dealkylation sites (tertiary alicyclic amines) is 1. The second-order valence-corrected chi connectivity index (χ2v) is 7.05. The van der Waals surface area contributed by atoms with Crippen LogP contribution in [0.4, 0.5) is 8.78 Å². The summed E-state index contributed by atoms with van der Waals surface area (Å²) in [6.45, 7) is 1.10. The van der Waals surface area contributed by atoms with Gasteiger partial charge in [-0.3, -0.25) is 4.79 Å². The van der Waals surface area contributed by atoms with Crippen molar-refractivity contribution in [3.8, 4) is 5.75 Å². The molecule has 0 radical (unpaired) electrons. The van der Waals surface area contributed by atoms with Crippen LogP contribution in [0.5, 0.6) is 5.75 Å². The summed E-state index contributed by atoms with van der Waals surface area (Å²) in [5.74, 6) is -2.81. The molecule has 0 unspecified atom stereocenters. The van der Waals surface area contributed by atoms with E-state index in [1.807, 2.05) is 30.3 Å². The van der Waals surface area contributed by atoms with Crippen LogP contribution in [0.3, 0.4) is 0 Å². The fourth-order valence-corrected chi connectivity index (χ4v) is 3.24. The smallest absolute Gasteiger partial charge is 0.285 e. The first-order valence-corrected chi connectivity index (χ1v) is 9.68. The van der Waals surface area contributed by atoms with Crippen molar-refractivity contribution in [2.24, 2.45) is 0 Å². The normalized spacial score (nSPS) is 14.2. The molecular formula is C22H27ClF2N2O2. The van der Waals surface area contributed by atoms with E-state index in [0.29, 0.717) is 12.4 Å². The van der Waals surface area contributed by atoms with Crippen molar-refractivity contribution in [1.82, 2.24) is 10.2 Å². The number of rotatable bonds is 8. The fourth-order valence-electron chi connectivity index (χ4n) is 3.24. The lowest BCUT2D eigenvalue weighted by molar-refractivity contribution is -0.131. The van der Waals surface area contributed by atoms with Gasteiger partial charge in [0.1, 0.15) is 12.4 Å². The predicted molar refractivity (Wildman–Crippen MR) is 112 cm³/mol. The molecule has 0 atom stereocenters. The zero-order chi connectivity index (χ0) is 19.8. The fraction of sp³-hybridized carbons (Fsp3) is 0.409. The molecule has 1 N–H and O–H groups in total. The summed E-state index contributed by atoms with van der Waals surface area (Å²) in [5.41, 5.74) is 0.841. The van der Waals surface area contributed by atoms with Gasteiger partial charge in [-0.1, -0.05) is 42.5 Å². The van der Waals surface area contributed by atoms with Gasteiger partial charge < -0.3 is 15.0 Å². The summed E-state index contributed by atoms with van der Waals surface area (Å²) < 4.78 is 34.7. The Kier molecular flexibility index (Phi) is 8.86. The minimum Gasteiger partial charge on any atom is -0.489 e. The maximum Gasteiger partial charge on any atom is 0.285 e. The van der Waals surface area contributed by atoms with E-state index in [4.69, 9.17) is 4.74 Å². The molecule has 2 aromatic rings. The van der Waals surface area contributed by atoms with Crippen LogP contribution in [0, 0.1) is 0 Å². The standard InChI is InChI=1S/C22H26F2N2O2.ClH/c23-22(24,17-25-15-21(27)26-12-5-2-6-13-26)19-10-7-11-20(14-19)28-16-18-8-3-1-4-9-18;/h1,3-4,7-11,14,25H,2,5-6,12-13,15-17H2;1H. The molecule has 1 aliphatic heterocycles. The Morgan fingerprint density at radius 1 is 1.03 bits per heavy atom. The van der Waals surface area contributed by atoms with Gasteiger partial charge in [-0.05, 0) is 37.0 Å². The molecule has 0 aromatic heterocycles. The first-order chi connectivity index (χ1) is 13.5. The highest BCUT2D eigenvalue weighted by atomic mass is 35.5. The number of nitrogens with one attached hydrogen (secondary N) is 1. The molecule has 0 bridgehead atoms. The average molecular weight is 425 g/mol. The third-order valence-electron chi connectivity index (χ3n) is 4.84. The number of carbonyl (C=O) groups is 1. The Morgan fingerprint density at radius 2 is 1.76 bits per heavy atom. The number of halogens is 3. The first kappa shape index (κ1) is 23.1. The topological polar surface area (TPSA) is 41.6 Å². The molecule has 1 fully saturated rings. The number of amides is 1. The van der Waals surface area contributed by atoms with Gasteiger partial charge in [0.25, 0.3) is 5.92 Å². The molecule has 0 saturated carbocycles. The number of piperidine rings is 1. The Morgan fingerprint density at radius 3 is 2.48 bits per heavy atom. The van der Waals surface area contributed by atoms with Gasteiger partial charge in [-0.25, -0.2) is 0 Å². The van der Waals surface area contributed by atoms with E-state index >= 15 is 0 Å². The first-order valence-electron chi connectivity index (χ1n) is 9.68. The highest BCUT2D eigenvalue weighted by molar-refractivity contribution is 5.85. The molecule has 0 aliphatic carbocycles. The second kappa shape index (κ2) is 11.1. The van der Waals surface area contributed by atoms with Crippen molar-refractivity contribution in [2.45, 2.75) is 31.8 Å². The largest absolute Gasteiger partial charge is 0.489 e. The molecule has 7 heteroatoms. The van der Waals surface area contributed by atoms with Crippen LogP contribution in [-0.2, 0) is 17.3 Å². The molecule has 4 nitrogen and oxygen atoms in total. The van der Waals surface area contributed by atoms with Crippen LogP contribution in [-0.4, -0.2) is 37.0 Å². The molecule has 1 saturated heterocycles. The third kappa shape index (κ3) is 6.98. The molecule has 29 heavy (non-hydrogen) atoms. The van der Waals surface area contributed by atoms with Gasteiger partial charge in [0.05, 0.1) is 13.1 Å². The number of nitrogens with zero attached hydrogens (tertiary/aromatic N) is 1. The molecule has 1 heterocycles. The summed E-state index contributed by atoms with van der Waals surface area (Å²) in [5, 5.41) is 2.62. The van der Waals surface area contributed by atoms with Crippen molar-refractivity contribution in [3.63, 3.8) is 0 Å². The Balaban J connectivity index is 0.00000300. The second-order valence-electron chi connectivity index (χ2n) is 7.05. The Hall–Kier alpha value is -2.18. The van der Waals surface area contributed by atoms with E-state index in [-0.39, 0.29) is 30.4 Å². The lowest BCUT2D eigenvalue weighted by Crippen LogP contribution is -2.43. The van der Waals surface area contributed by atoms with Crippen LogP contribution in [0.15, 0.2) is 54.6 Å². The zero-order valence-electron chi connectivity index (χ0n) is 16.3. The van der Waals surface area contributed by atoms with Crippen LogP contribution in [0.1, 0.15) is 30.4 Å². The number of alkyl halides is 2. The molecular weight excluding hydrogens is 398 g/mol. The van der Waals surface area contributed by atoms with Crippen LogP contribution >= 0.6 is 12.4 Å². The van der Waals surface area contributed by atoms with Gasteiger partial charge in [0.15, 0.2) is 0 Å². The summed E-state index contributed by atoms with van der Waals surface area (Å²) in [4.78, 5) is 13.8. The lowest BCUT2D eigenvalue weighted by Gasteiger charge is -2.27. The maximum atomic E-state index is 14.5. The van der Waals surface area contributed by atoms with Crippen molar-refractivity contribution in [1.29, 1.82) is 0 Å². The molecule has 1 aliphatic rings. The Labute approximate surface area is 176 Å². The van der Waals surface area contributed by atoms with Crippen LogP contribution in [0.25, 0.3) is 0 Å². The molecule has 2 aromatic carbocycles. The minimum atomic E-state index is -3.09. The summed E-state index contributed by atoms with van der Waals surface area (Å²) >= 11 is 0. The van der Waals surface area contributed by atoms with Crippen LogP contribution in [0.2, 0.25) is 0 Å². The molecule has 0 spiro atoms. The van der Waals surface area contributed by atoms with Crippen molar-refractivity contribution in [3.05, 3.63) is 65.7 Å². The Bertz CT molecular complexity index is 768. The average Bonchev–Trinajstić information content (AvgIpc) is 2.74. The quantitative estimate of drug-likeness (QED) is 0.683. The lowest BCUT2D eigenvalue weighted by atomic mass is 10.1. The summed E-state index contributed by atoms with van der Waals surface area (Å²) in [7, 11) is 0. The highest BCUT2D eigenvalue weighted by Gasteiger charge is 2.32. The zero-order valence-corrected chi connectivity index (χ0v) is 17.1. The number of hydrogen-bond donors (Lipinski definition) is 1. The van der Waals surface area contributed by atoms with E-state index in [0.717, 1.165) is 37.9 Å².